The average molecular weight is 353 g/mol. The monoisotopic (exact) mass is 352 g/mol. The first-order chi connectivity index (χ1) is 10.7. The largest absolute Gasteiger partial charge is 0.475 e. The van der Waals surface area contributed by atoms with Gasteiger partial charge in [-0.3, -0.25) is 4.99 Å². The molecule has 9 heteroatoms. The van der Waals surface area contributed by atoms with Crippen molar-refractivity contribution >= 4 is 17.6 Å². The summed E-state index contributed by atoms with van der Waals surface area (Å²) in [7, 11) is 1.64. The number of hydrogen-bond donors (Lipinski definition) is 2. The van der Waals surface area contributed by atoms with E-state index >= 15 is 0 Å². The number of alkyl halides is 3. The third-order valence-corrected chi connectivity index (χ3v) is 2.94. The minimum atomic E-state index is -4.48. The number of pyridine rings is 1. The fourth-order valence-corrected chi connectivity index (χ4v) is 1.75. The molecular formula is C14H20ClF3N4O. The molecule has 0 aromatic carbocycles. The van der Waals surface area contributed by atoms with E-state index < -0.39 is 11.7 Å². The van der Waals surface area contributed by atoms with E-state index in [9.17, 15) is 13.2 Å². The van der Waals surface area contributed by atoms with E-state index in [4.69, 9.17) is 16.3 Å². The highest BCUT2D eigenvalue weighted by Gasteiger charge is 2.31. The second kappa shape index (κ2) is 8.81. The lowest BCUT2D eigenvalue weighted by molar-refractivity contribution is -0.137. The molecule has 0 aliphatic carbocycles. The quantitative estimate of drug-likeness (QED) is 0.469. The standard InChI is InChI=1S/C14H20ClF3N4O/c1-9(2)7-22-13(19-3)20-4-5-23-12-11(15)6-10(8-21-12)14(16,17)18/h6,8-9H,4-5,7H2,1-3H3,(H2,19,20,22). The van der Waals surface area contributed by atoms with E-state index in [1.165, 1.54) is 0 Å². The van der Waals surface area contributed by atoms with Gasteiger partial charge in [0.05, 0.1) is 12.1 Å². The van der Waals surface area contributed by atoms with E-state index in [0.29, 0.717) is 24.6 Å². The highest BCUT2D eigenvalue weighted by molar-refractivity contribution is 6.31. The summed E-state index contributed by atoms with van der Waals surface area (Å²) in [4.78, 5) is 7.63. The molecule has 0 aliphatic rings. The van der Waals surface area contributed by atoms with Crippen molar-refractivity contribution in [3.8, 4) is 5.88 Å². The Labute approximate surface area is 138 Å². The van der Waals surface area contributed by atoms with Crippen LogP contribution in [-0.4, -0.2) is 37.7 Å². The summed E-state index contributed by atoms with van der Waals surface area (Å²) in [5.74, 6) is 1.06. The molecule has 1 aromatic heterocycles. The maximum absolute atomic E-state index is 12.5. The summed E-state index contributed by atoms with van der Waals surface area (Å²) in [6.45, 7) is 5.49. The smallest absolute Gasteiger partial charge is 0.417 e. The van der Waals surface area contributed by atoms with Gasteiger partial charge in [-0.2, -0.15) is 13.2 Å². The Kier molecular flexibility index (Phi) is 7.41. The van der Waals surface area contributed by atoms with Gasteiger partial charge in [0.2, 0.25) is 5.88 Å². The number of aliphatic imine (C=N–C) groups is 1. The average Bonchev–Trinajstić information content (AvgIpc) is 2.46. The molecule has 130 valence electrons. The second-order valence-electron chi connectivity index (χ2n) is 5.13. The molecule has 0 bridgehead atoms. The van der Waals surface area contributed by atoms with Gasteiger partial charge in [-0.15, -0.1) is 0 Å². The molecule has 0 saturated heterocycles. The molecule has 1 rings (SSSR count). The van der Waals surface area contributed by atoms with Gasteiger partial charge < -0.3 is 15.4 Å². The Bertz CT molecular complexity index is 535. The lowest BCUT2D eigenvalue weighted by atomic mass is 10.2. The van der Waals surface area contributed by atoms with Crippen molar-refractivity contribution in [2.75, 3.05) is 26.7 Å². The number of nitrogens with zero attached hydrogens (tertiary/aromatic N) is 2. The van der Waals surface area contributed by atoms with Crippen LogP contribution in [0.4, 0.5) is 13.2 Å². The molecule has 0 amide bonds. The van der Waals surface area contributed by atoms with Crippen molar-refractivity contribution < 1.29 is 17.9 Å². The van der Waals surface area contributed by atoms with Crippen LogP contribution >= 0.6 is 11.6 Å². The van der Waals surface area contributed by atoms with Crippen molar-refractivity contribution in [1.82, 2.24) is 15.6 Å². The summed E-state index contributed by atoms with van der Waals surface area (Å²) < 4.78 is 42.8. The van der Waals surface area contributed by atoms with E-state index in [2.05, 4.69) is 34.5 Å². The highest BCUT2D eigenvalue weighted by atomic mass is 35.5. The minimum Gasteiger partial charge on any atom is -0.475 e. The first kappa shape index (κ1) is 19.3. The predicted octanol–water partition coefficient (Wildman–Crippen LogP) is 2.95. The van der Waals surface area contributed by atoms with Gasteiger partial charge in [0.1, 0.15) is 11.6 Å². The molecule has 0 unspecified atom stereocenters. The molecule has 0 saturated carbocycles. The molecule has 5 nitrogen and oxygen atoms in total. The van der Waals surface area contributed by atoms with Crippen LogP contribution < -0.4 is 15.4 Å². The van der Waals surface area contributed by atoms with Crippen molar-refractivity contribution in [3.05, 3.63) is 22.8 Å². The third kappa shape index (κ3) is 6.94. The molecule has 0 fully saturated rings. The van der Waals surface area contributed by atoms with Gasteiger partial charge in [-0.05, 0) is 12.0 Å². The van der Waals surface area contributed by atoms with Crippen LogP contribution in [0.15, 0.2) is 17.3 Å². The van der Waals surface area contributed by atoms with Gasteiger partial charge in [0.15, 0.2) is 5.96 Å². The number of halogens is 4. The maximum Gasteiger partial charge on any atom is 0.417 e. The zero-order valence-electron chi connectivity index (χ0n) is 13.2. The van der Waals surface area contributed by atoms with Crippen molar-refractivity contribution in [3.63, 3.8) is 0 Å². The van der Waals surface area contributed by atoms with Crippen LogP contribution in [0.5, 0.6) is 5.88 Å². The zero-order chi connectivity index (χ0) is 17.5. The molecule has 23 heavy (non-hydrogen) atoms. The highest BCUT2D eigenvalue weighted by Crippen LogP contribution is 2.32. The molecule has 1 aromatic rings. The van der Waals surface area contributed by atoms with Crippen LogP contribution in [-0.2, 0) is 6.18 Å². The van der Waals surface area contributed by atoms with Crippen LogP contribution in [0.1, 0.15) is 19.4 Å². The molecule has 1 heterocycles. The van der Waals surface area contributed by atoms with E-state index in [1.54, 1.807) is 7.05 Å². The molecule has 0 radical (unpaired) electrons. The molecule has 0 spiro atoms. The van der Waals surface area contributed by atoms with Crippen LogP contribution in [0.25, 0.3) is 0 Å². The second-order valence-corrected chi connectivity index (χ2v) is 5.54. The summed E-state index contributed by atoms with van der Waals surface area (Å²) in [5, 5.41) is 5.95. The Morgan fingerprint density at radius 1 is 1.39 bits per heavy atom. The lowest BCUT2D eigenvalue weighted by Crippen LogP contribution is -2.40. The Morgan fingerprint density at radius 2 is 2.09 bits per heavy atom. The van der Waals surface area contributed by atoms with E-state index in [0.717, 1.165) is 12.6 Å². The first-order valence-electron chi connectivity index (χ1n) is 7.04. The topological polar surface area (TPSA) is 58.5 Å². The number of aromatic nitrogens is 1. The van der Waals surface area contributed by atoms with Crippen LogP contribution in [0.2, 0.25) is 5.02 Å². The van der Waals surface area contributed by atoms with Crippen LogP contribution in [0.3, 0.4) is 0 Å². The normalized spacial score (nSPS) is 12.4. The van der Waals surface area contributed by atoms with Crippen molar-refractivity contribution in [2.45, 2.75) is 20.0 Å². The summed E-state index contributed by atoms with van der Waals surface area (Å²) in [6.07, 6.45) is -3.79. The minimum absolute atomic E-state index is 0.0356. The first-order valence-corrected chi connectivity index (χ1v) is 7.42. The van der Waals surface area contributed by atoms with Gasteiger partial charge >= 0.3 is 6.18 Å². The molecular weight excluding hydrogens is 333 g/mol. The predicted molar refractivity (Wildman–Crippen MR) is 83.9 cm³/mol. The van der Waals surface area contributed by atoms with E-state index in [-0.39, 0.29) is 17.5 Å². The number of rotatable bonds is 6. The van der Waals surface area contributed by atoms with Crippen molar-refractivity contribution in [2.24, 2.45) is 10.9 Å². The number of nitrogens with one attached hydrogen (secondary N) is 2. The fourth-order valence-electron chi connectivity index (χ4n) is 1.53. The summed E-state index contributed by atoms with van der Waals surface area (Å²) in [6, 6.07) is 0.792. The molecule has 2 N–H and O–H groups in total. The van der Waals surface area contributed by atoms with Gasteiger partial charge in [-0.1, -0.05) is 25.4 Å². The SMILES string of the molecule is CN=C(NCCOc1ncc(C(F)(F)F)cc1Cl)NCC(C)C. The summed E-state index contributed by atoms with van der Waals surface area (Å²) >= 11 is 5.74. The molecule has 0 atom stereocenters. The molecule has 0 aliphatic heterocycles. The van der Waals surface area contributed by atoms with Crippen LogP contribution in [0, 0.1) is 5.92 Å². The third-order valence-electron chi connectivity index (χ3n) is 2.67. The van der Waals surface area contributed by atoms with Gasteiger partial charge in [-0.25, -0.2) is 4.98 Å². The van der Waals surface area contributed by atoms with E-state index in [1.807, 2.05) is 0 Å². The maximum atomic E-state index is 12.5. The fraction of sp³-hybridized carbons (Fsp3) is 0.571. The lowest BCUT2D eigenvalue weighted by Gasteiger charge is -2.14. The van der Waals surface area contributed by atoms with Gasteiger partial charge in [0.25, 0.3) is 0 Å². The van der Waals surface area contributed by atoms with Crippen molar-refractivity contribution in [1.29, 1.82) is 0 Å². The number of hydrogen-bond acceptors (Lipinski definition) is 3. The van der Waals surface area contributed by atoms with Gasteiger partial charge in [0, 0.05) is 19.8 Å². The Balaban J connectivity index is 2.44. The Hall–Kier alpha value is -1.70. The zero-order valence-corrected chi connectivity index (χ0v) is 13.9. The number of guanidine groups is 1. The number of ether oxygens (including phenoxy) is 1. The Morgan fingerprint density at radius 3 is 2.61 bits per heavy atom. The summed E-state index contributed by atoms with van der Waals surface area (Å²) in [5.41, 5.74) is -0.911.